The molecule has 4 nitrogen and oxygen atoms in total. The average Bonchev–Trinajstić information content (AvgIpc) is 3.11. The normalized spacial score (nSPS) is 34.6. The van der Waals surface area contributed by atoms with E-state index in [0.29, 0.717) is 18.3 Å². The molecule has 2 saturated carbocycles. The fourth-order valence-electron chi connectivity index (χ4n) is 6.83. The van der Waals surface area contributed by atoms with Gasteiger partial charge < -0.3 is 9.47 Å². The summed E-state index contributed by atoms with van der Waals surface area (Å²) in [6.07, 6.45) is 11.8. The van der Waals surface area contributed by atoms with Gasteiger partial charge in [-0.1, -0.05) is 25.1 Å². The molecule has 1 aromatic carbocycles. The molecular formula is C27H29NO3. The van der Waals surface area contributed by atoms with Gasteiger partial charge in [0, 0.05) is 49.6 Å². The molecular weight excluding hydrogens is 386 g/mol. The minimum Gasteiger partial charge on any atom is -0.489 e. The second-order valence-corrected chi connectivity index (χ2v) is 9.95. The van der Waals surface area contributed by atoms with E-state index in [0.717, 1.165) is 43.4 Å². The van der Waals surface area contributed by atoms with Gasteiger partial charge in [0.15, 0.2) is 5.78 Å². The number of ketones is 1. The lowest BCUT2D eigenvalue weighted by Gasteiger charge is -2.47. The van der Waals surface area contributed by atoms with Gasteiger partial charge in [-0.15, -0.1) is 0 Å². The summed E-state index contributed by atoms with van der Waals surface area (Å²) in [6, 6.07) is 8.88. The summed E-state index contributed by atoms with van der Waals surface area (Å²) in [4.78, 5) is 16.7. The standard InChI is InChI=1S/C27H29NO3/c1-27-10-8-18-13-20-22(29)4-3-5-23(20)31-26(18)21(27)14-24(30-2)25(27)17-6-7-19-15-28-11-9-16(19)12-17/h6-7,9,11-13,15,21,24-26H,3-5,8,10,14H2,1-2H3/t21-,24+,25-,26+,27-/m0/s1. The molecule has 0 unspecified atom stereocenters. The molecule has 6 rings (SSSR count). The van der Waals surface area contributed by atoms with Gasteiger partial charge in [0.1, 0.15) is 11.9 Å². The van der Waals surface area contributed by atoms with E-state index in [1.807, 2.05) is 19.5 Å². The summed E-state index contributed by atoms with van der Waals surface area (Å²) < 4.78 is 12.7. The third-order valence-electron chi connectivity index (χ3n) is 8.43. The maximum atomic E-state index is 12.4. The highest BCUT2D eigenvalue weighted by Gasteiger charge is 2.59. The molecule has 2 fully saturated rings. The molecule has 0 N–H and O–H groups in total. The van der Waals surface area contributed by atoms with E-state index in [1.54, 1.807) is 0 Å². The third-order valence-corrected chi connectivity index (χ3v) is 8.43. The summed E-state index contributed by atoms with van der Waals surface area (Å²) in [5, 5.41) is 2.40. The van der Waals surface area contributed by atoms with Crippen LogP contribution in [-0.4, -0.2) is 30.1 Å². The highest BCUT2D eigenvalue weighted by atomic mass is 16.5. The maximum Gasteiger partial charge on any atom is 0.166 e. The van der Waals surface area contributed by atoms with E-state index >= 15 is 0 Å². The van der Waals surface area contributed by atoms with Gasteiger partial charge in [0.25, 0.3) is 0 Å². The van der Waals surface area contributed by atoms with Crippen molar-refractivity contribution in [3.8, 4) is 0 Å². The van der Waals surface area contributed by atoms with Crippen molar-refractivity contribution < 1.29 is 14.3 Å². The number of fused-ring (bicyclic) bond motifs is 4. The quantitative estimate of drug-likeness (QED) is 0.651. The molecule has 160 valence electrons. The van der Waals surface area contributed by atoms with Crippen molar-refractivity contribution in [2.24, 2.45) is 11.3 Å². The Hall–Kier alpha value is -2.46. The number of nitrogens with zero attached hydrogens (tertiary/aromatic N) is 1. The minimum absolute atomic E-state index is 0.0794. The topological polar surface area (TPSA) is 48.4 Å². The van der Waals surface area contributed by atoms with Crippen molar-refractivity contribution in [3.63, 3.8) is 0 Å². The molecule has 0 radical (unpaired) electrons. The van der Waals surface area contributed by atoms with Crippen LogP contribution in [0.2, 0.25) is 0 Å². The number of methoxy groups -OCH3 is 1. The molecule has 5 atom stereocenters. The lowest BCUT2D eigenvalue weighted by Crippen LogP contribution is -2.43. The first-order valence-corrected chi connectivity index (χ1v) is 11.6. The molecule has 1 aliphatic heterocycles. The summed E-state index contributed by atoms with van der Waals surface area (Å²) in [7, 11) is 1.85. The first kappa shape index (κ1) is 19.2. The smallest absolute Gasteiger partial charge is 0.166 e. The van der Waals surface area contributed by atoms with Crippen LogP contribution in [0.25, 0.3) is 10.8 Å². The number of benzene rings is 1. The number of pyridine rings is 1. The number of rotatable bonds is 2. The second-order valence-electron chi connectivity index (χ2n) is 9.95. The number of Topliss-reactive ketones (excluding diaryl/α,β-unsaturated/α-hetero) is 1. The summed E-state index contributed by atoms with van der Waals surface area (Å²) in [6.45, 7) is 2.44. The van der Waals surface area contributed by atoms with Crippen molar-refractivity contribution in [3.05, 3.63) is 65.2 Å². The zero-order valence-electron chi connectivity index (χ0n) is 18.3. The molecule has 3 aliphatic carbocycles. The van der Waals surface area contributed by atoms with E-state index in [2.05, 4.69) is 42.2 Å². The Kier molecular flexibility index (Phi) is 4.36. The van der Waals surface area contributed by atoms with E-state index in [-0.39, 0.29) is 23.4 Å². The SMILES string of the molecule is CO[C@@H]1C[C@H]2[C@@H]3OC4=C(C=C3CC[C@]2(C)[C@H]1c1ccc2cnccc2c1)C(=O)CCC4. The van der Waals surface area contributed by atoms with Crippen LogP contribution >= 0.6 is 0 Å². The fourth-order valence-corrected chi connectivity index (χ4v) is 6.83. The van der Waals surface area contributed by atoms with Crippen LogP contribution in [0.5, 0.6) is 0 Å². The maximum absolute atomic E-state index is 12.4. The van der Waals surface area contributed by atoms with Crippen LogP contribution < -0.4 is 0 Å². The Labute approximate surface area is 183 Å². The number of hydrogen-bond donors (Lipinski definition) is 0. The van der Waals surface area contributed by atoms with Crippen molar-refractivity contribution in [1.29, 1.82) is 0 Å². The highest BCUT2D eigenvalue weighted by molar-refractivity contribution is 5.99. The second kappa shape index (κ2) is 7.03. The zero-order valence-corrected chi connectivity index (χ0v) is 18.3. The molecule has 1 aromatic heterocycles. The Morgan fingerprint density at radius 3 is 2.94 bits per heavy atom. The molecule has 0 amide bonds. The van der Waals surface area contributed by atoms with Crippen LogP contribution in [0.15, 0.2) is 59.6 Å². The van der Waals surface area contributed by atoms with E-state index in [1.165, 1.54) is 21.9 Å². The monoisotopic (exact) mass is 415 g/mol. The summed E-state index contributed by atoms with van der Waals surface area (Å²) in [5.74, 6) is 1.91. The summed E-state index contributed by atoms with van der Waals surface area (Å²) in [5.41, 5.74) is 3.62. The van der Waals surface area contributed by atoms with E-state index < -0.39 is 0 Å². The number of allylic oxidation sites excluding steroid dienone is 3. The Bertz CT molecular complexity index is 1130. The number of carbonyl (C=O) groups is 1. The van der Waals surface area contributed by atoms with E-state index in [9.17, 15) is 4.79 Å². The van der Waals surface area contributed by atoms with Crippen LogP contribution in [-0.2, 0) is 14.3 Å². The molecule has 0 bridgehead atoms. The predicted molar refractivity (Wildman–Crippen MR) is 120 cm³/mol. The third kappa shape index (κ3) is 2.84. The highest BCUT2D eigenvalue weighted by Crippen LogP contribution is 2.62. The molecule has 4 aliphatic rings. The summed E-state index contributed by atoms with van der Waals surface area (Å²) >= 11 is 0. The molecule has 31 heavy (non-hydrogen) atoms. The van der Waals surface area contributed by atoms with Gasteiger partial charge in [-0.3, -0.25) is 9.78 Å². The predicted octanol–water partition coefficient (Wildman–Crippen LogP) is 5.49. The van der Waals surface area contributed by atoms with Crippen molar-refractivity contribution in [2.75, 3.05) is 7.11 Å². The van der Waals surface area contributed by atoms with Crippen molar-refractivity contribution >= 4 is 16.6 Å². The van der Waals surface area contributed by atoms with Gasteiger partial charge in [0.05, 0.1) is 11.7 Å². The molecule has 0 spiro atoms. The van der Waals surface area contributed by atoms with Crippen molar-refractivity contribution in [1.82, 2.24) is 4.98 Å². The van der Waals surface area contributed by atoms with E-state index in [4.69, 9.17) is 9.47 Å². The van der Waals surface area contributed by atoms with Crippen LogP contribution in [0.4, 0.5) is 0 Å². The van der Waals surface area contributed by atoms with Gasteiger partial charge in [-0.05, 0) is 59.8 Å². The number of ether oxygens (including phenoxy) is 2. The Morgan fingerprint density at radius 1 is 1.16 bits per heavy atom. The Balaban J connectivity index is 1.39. The molecule has 2 aromatic rings. The molecule has 0 saturated heterocycles. The van der Waals surface area contributed by atoms with Gasteiger partial charge >= 0.3 is 0 Å². The fraction of sp³-hybridized carbons (Fsp3) is 0.481. The largest absolute Gasteiger partial charge is 0.489 e. The van der Waals surface area contributed by atoms with Gasteiger partial charge in [0.2, 0.25) is 0 Å². The average molecular weight is 416 g/mol. The lowest BCUT2D eigenvalue weighted by atomic mass is 9.61. The molecule has 2 heterocycles. The molecule has 4 heteroatoms. The zero-order chi connectivity index (χ0) is 21.2. The minimum atomic E-state index is 0.0794. The first-order valence-electron chi connectivity index (χ1n) is 11.6. The first-order chi connectivity index (χ1) is 15.1. The van der Waals surface area contributed by atoms with Gasteiger partial charge in [-0.25, -0.2) is 0 Å². The van der Waals surface area contributed by atoms with Crippen LogP contribution in [0.1, 0.15) is 56.9 Å². The number of aromatic nitrogens is 1. The number of carbonyl (C=O) groups excluding carboxylic acids is 1. The lowest BCUT2D eigenvalue weighted by molar-refractivity contribution is -0.116. The van der Waals surface area contributed by atoms with Crippen LogP contribution in [0.3, 0.4) is 0 Å². The van der Waals surface area contributed by atoms with Gasteiger partial charge in [-0.2, -0.15) is 0 Å². The van der Waals surface area contributed by atoms with Crippen LogP contribution in [0, 0.1) is 11.3 Å². The Morgan fingerprint density at radius 2 is 2.06 bits per heavy atom. The number of hydrogen-bond acceptors (Lipinski definition) is 4. The van der Waals surface area contributed by atoms with Crippen molar-refractivity contribution in [2.45, 2.75) is 63.6 Å².